The largest absolute Gasteiger partial charge is 0.301 e. The van der Waals surface area contributed by atoms with Crippen molar-refractivity contribution in [2.75, 3.05) is 4.90 Å². The van der Waals surface area contributed by atoms with E-state index in [-0.39, 0.29) is 11.9 Å². The molecule has 0 aliphatic heterocycles. The van der Waals surface area contributed by atoms with Gasteiger partial charge in [0.2, 0.25) is 0 Å². The molecule has 3 nitrogen and oxygen atoms in total. The molecule has 1 heterocycles. The lowest BCUT2D eigenvalue weighted by Gasteiger charge is -2.30. The first kappa shape index (κ1) is 15.6. The number of hydrogen-bond donors (Lipinski definition) is 0. The summed E-state index contributed by atoms with van der Waals surface area (Å²) in [5, 5.41) is 0. The van der Waals surface area contributed by atoms with Gasteiger partial charge >= 0.3 is 0 Å². The molecule has 124 valence electrons. The van der Waals surface area contributed by atoms with Gasteiger partial charge < -0.3 is 4.90 Å². The van der Waals surface area contributed by atoms with Crippen LogP contribution in [0.3, 0.4) is 0 Å². The van der Waals surface area contributed by atoms with Crippen LogP contribution >= 0.6 is 0 Å². The Morgan fingerprint density at radius 2 is 1.80 bits per heavy atom. The van der Waals surface area contributed by atoms with Crippen molar-refractivity contribution in [2.24, 2.45) is 0 Å². The van der Waals surface area contributed by atoms with Gasteiger partial charge in [0.25, 0.3) is 5.91 Å². The van der Waals surface area contributed by atoms with Crippen molar-refractivity contribution in [1.29, 1.82) is 0 Å². The summed E-state index contributed by atoms with van der Waals surface area (Å²) in [6.07, 6.45) is 5.39. The van der Waals surface area contributed by atoms with Crippen molar-refractivity contribution in [2.45, 2.75) is 25.8 Å². The molecule has 1 atom stereocenters. The molecule has 1 aliphatic carbocycles. The number of aromatic nitrogens is 1. The Labute approximate surface area is 148 Å². The zero-order valence-electron chi connectivity index (χ0n) is 14.2. The van der Waals surface area contributed by atoms with E-state index in [1.54, 1.807) is 12.4 Å². The molecule has 1 unspecified atom stereocenters. The van der Waals surface area contributed by atoms with E-state index in [2.05, 4.69) is 29.2 Å². The minimum atomic E-state index is 0.0350. The van der Waals surface area contributed by atoms with Crippen LogP contribution in [0.15, 0.2) is 73.1 Å². The quantitative estimate of drug-likeness (QED) is 0.697. The Morgan fingerprint density at radius 1 is 1.04 bits per heavy atom. The number of hydrogen-bond acceptors (Lipinski definition) is 2. The lowest BCUT2D eigenvalue weighted by molar-refractivity contribution is 0.0975. The standard InChI is InChI=1S/C22H20N2O/c1-16-15-23-14-13-19(16)22(25)24(18-8-3-2-4-9-18)21-12-11-17-7-5-6-10-20(17)21/h2-10,13-15,21H,11-12H2,1H3. The van der Waals surface area contributed by atoms with Crippen molar-refractivity contribution in [3.8, 4) is 0 Å². The van der Waals surface area contributed by atoms with Crippen molar-refractivity contribution in [3.05, 3.63) is 95.3 Å². The summed E-state index contributed by atoms with van der Waals surface area (Å²) in [5.74, 6) is 0.0350. The van der Waals surface area contributed by atoms with Crippen molar-refractivity contribution >= 4 is 11.6 Å². The summed E-state index contributed by atoms with van der Waals surface area (Å²) in [5.41, 5.74) is 5.15. The van der Waals surface area contributed by atoms with Gasteiger partial charge in [-0.25, -0.2) is 0 Å². The first-order valence-corrected chi connectivity index (χ1v) is 8.63. The maximum Gasteiger partial charge on any atom is 0.259 e. The van der Waals surface area contributed by atoms with Gasteiger partial charge in [-0.15, -0.1) is 0 Å². The second kappa shape index (κ2) is 6.52. The number of fused-ring (bicyclic) bond motifs is 1. The zero-order chi connectivity index (χ0) is 17.2. The molecule has 3 heteroatoms. The van der Waals surface area contributed by atoms with Gasteiger partial charge in [0, 0.05) is 23.6 Å². The third kappa shape index (κ3) is 2.82. The normalized spacial score (nSPS) is 15.6. The Balaban J connectivity index is 1.82. The summed E-state index contributed by atoms with van der Waals surface area (Å²) in [7, 11) is 0. The molecule has 1 aliphatic rings. The molecule has 0 N–H and O–H groups in total. The number of benzene rings is 2. The number of amides is 1. The average molecular weight is 328 g/mol. The summed E-state index contributed by atoms with van der Waals surface area (Å²) < 4.78 is 0. The van der Waals surface area contributed by atoms with Gasteiger partial charge in [0.1, 0.15) is 0 Å². The van der Waals surface area contributed by atoms with Crippen LogP contribution in [0.5, 0.6) is 0 Å². The molecule has 3 aromatic rings. The molecule has 0 fully saturated rings. The lowest BCUT2D eigenvalue weighted by Crippen LogP contribution is -2.34. The van der Waals surface area contributed by atoms with E-state index in [9.17, 15) is 4.79 Å². The van der Waals surface area contributed by atoms with Gasteiger partial charge in [-0.05, 0) is 54.7 Å². The number of carbonyl (C=O) groups is 1. The SMILES string of the molecule is Cc1cnccc1C(=O)N(c1ccccc1)C1CCc2ccccc21. The maximum absolute atomic E-state index is 13.5. The Hall–Kier alpha value is -2.94. The number of rotatable bonds is 3. The highest BCUT2D eigenvalue weighted by molar-refractivity contribution is 6.07. The number of anilines is 1. The van der Waals surface area contributed by atoms with Gasteiger partial charge in [-0.1, -0.05) is 42.5 Å². The Kier molecular flexibility index (Phi) is 4.06. The second-order valence-corrected chi connectivity index (χ2v) is 6.45. The number of nitrogens with zero attached hydrogens (tertiary/aromatic N) is 2. The number of para-hydroxylation sites is 1. The monoisotopic (exact) mass is 328 g/mol. The summed E-state index contributed by atoms with van der Waals surface area (Å²) in [6.45, 7) is 1.94. The van der Waals surface area contributed by atoms with E-state index >= 15 is 0 Å². The van der Waals surface area contributed by atoms with Crippen LogP contribution in [0.1, 0.15) is 39.5 Å². The molecule has 4 rings (SSSR count). The average Bonchev–Trinajstić information content (AvgIpc) is 3.07. The predicted octanol–water partition coefficient (Wildman–Crippen LogP) is 4.72. The molecule has 0 bridgehead atoms. The maximum atomic E-state index is 13.5. The molecule has 0 spiro atoms. The molecule has 2 aromatic carbocycles. The van der Waals surface area contributed by atoms with Gasteiger partial charge in [0.15, 0.2) is 0 Å². The highest BCUT2D eigenvalue weighted by Crippen LogP contribution is 2.39. The number of pyridine rings is 1. The smallest absolute Gasteiger partial charge is 0.259 e. The van der Waals surface area contributed by atoms with E-state index in [4.69, 9.17) is 0 Å². The third-order valence-electron chi connectivity index (χ3n) is 4.92. The molecule has 1 amide bonds. The van der Waals surface area contributed by atoms with E-state index in [1.807, 2.05) is 48.2 Å². The zero-order valence-corrected chi connectivity index (χ0v) is 14.2. The first-order valence-electron chi connectivity index (χ1n) is 8.63. The van der Waals surface area contributed by atoms with E-state index in [1.165, 1.54) is 11.1 Å². The minimum Gasteiger partial charge on any atom is -0.301 e. The third-order valence-corrected chi connectivity index (χ3v) is 4.92. The van der Waals surface area contributed by atoms with E-state index in [0.29, 0.717) is 5.56 Å². The fraction of sp³-hybridized carbons (Fsp3) is 0.182. The first-order chi connectivity index (χ1) is 12.3. The lowest BCUT2D eigenvalue weighted by atomic mass is 10.0. The molecule has 0 radical (unpaired) electrons. The van der Waals surface area contributed by atoms with E-state index < -0.39 is 0 Å². The summed E-state index contributed by atoms with van der Waals surface area (Å²) >= 11 is 0. The van der Waals surface area contributed by atoms with Crippen molar-refractivity contribution < 1.29 is 4.79 Å². The fourth-order valence-corrected chi connectivity index (χ4v) is 3.67. The van der Waals surface area contributed by atoms with Crippen LogP contribution in [-0.4, -0.2) is 10.9 Å². The highest BCUT2D eigenvalue weighted by Gasteiger charge is 2.32. The highest BCUT2D eigenvalue weighted by atomic mass is 16.2. The Morgan fingerprint density at radius 3 is 2.60 bits per heavy atom. The molecule has 0 saturated heterocycles. The number of aryl methyl sites for hydroxylation is 2. The summed E-state index contributed by atoms with van der Waals surface area (Å²) in [6, 6.07) is 20.3. The second-order valence-electron chi connectivity index (χ2n) is 6.45. The summed E-state index contributed by atoms with van der Waals surface area (Å²) in [4.78, 5) is 19.5. The van der Waals surface area contributed by atoms with Gasteiger partial charge in [-0.3, -0.25) is 9.78 Å². The van der Waals surface area contributed by atoms with Crippen molar-refractivity contribution in [3.63, 3.8) is 0 Å². The van der Waals surface area contributed by atoms with Crippen LogP contribution in [0, 0.1) is 6.92 Å². The van der Waals surface area contributed by atoms with Crippen LogP contribution in [0.25, 0.3) is 0 Å². The minimum absolute atomic E-state index is 0.0350. The molecule has 0 saturated carbocycles. The Bertz CT molecular complexity index is 905. The molecular formula is C22H20N2O. The van der Waals surface area contributed by atoms with Crippen LogP contribution in [0.4, 0.5) is 5.69 Å². The van der Waals surface area contributed by atoms with Crippen LogP contribution in [0.2, 0.25) is 0 Å². The van der Waals surface area contributed by atoms with Crippen LogP contribution in [-0.2, 0) is 6.42 Å². The topological polar surface area (TPSA) is 33.2 Å². The van der Waals surface area contributed by atoms with E-state index in [0.717, 1.165) is 24.1 Å². The molecule has 25 heavy (non-hydrogen) atoms. The van der Waals surface area contributed by atoms with Crippen LogP contribution < -0.4 is 4.90 Å². The predicted molar refractivity (Wildman–Crippen MR) is 99.7 cm³/mol. The molecular weight excluding hydrogens is 308 g/mol. The molecule has 1 aromatic heterocycles. The van der Waals surface area contributed by atoms with Crippen molar-refractivity contribution in [1.82, 2.24) is 4.98 Å². The fourth-order valence-electron chi connectivity index (χ4n) is 3.67. The number of carbonyl (C=O) groups excluding carboxylic acids is 1. The van der Waals surface area contributed by atoms with Gasteiger partial charge in [0.05, 0.1) is 6.04 Å². The van der Waals surface area contributed by atoms with Gasteiger partial charge in [-0.2, -0.15) is 0 Å².